The molecular weight excluding hydrogens is 264 g/mol. The summed E-state index contributed by atoms with van der Waals surface area (Å²) in [6.45, 7) is 2.62. The second kappa shape index (κ2) is 5.48. The number of aliphatic carboxylic acids is 1. The summed E-state index contributed by atoms with van der Waals surface area (Å²) in [5.74, 6) is -4.03. The van der Waals surface area contributed by atoms with Crippen LogP contribution in [0.4, 0.5) is 0 Å². The fourth-order valence-electron chi connectivity index (χ4n) is 1.91. The van der Waals surface area contributed by atoms with E-state index in [4.69, 9.17) is 11.5 Å². The van der Waals surface area contributed by atoms with Crippen LogP contribution in [0.2, 0.25) is 0 Å². The normalized spacial score (nSPS) is 17.0. The summed E-state index contributed by atoms with van der Waals surface area (Å²) in [4.78, 5) is 23.5. The minimum Gasteiger partial charge on any atom is -0.504 e. The van der Waals surface area contributed by atoms with Crippen LogP contribution < -0.4 is 11.5 Å². The second-order valence-electron chi connectivity index (χ2n) is 4.96. The van der Waals surface area contributed by atoms with E-state index in [0.29, 0.717) is 0 Å². The van der Waals surface area contributed by atoms with Crippen LogP contribution in [0.25, 0.3) is 0 Å². The topological polar surface area (TPSA) is 147 Å². The van der Waals surface area contributed by atoms with Gasteiger partial charge in [-0.25, -0.2) is 0 Å². The first-order valence-corrected chi connectivity index (χ1v) is 5.92. The number of carbonyl (C=O) groups excluding carboxylic acids is 1. The Labute approximate surface area is 115 Å². The predicted molar refractivity (Wildman–Crippen MR) is 71.4 cm³/mol. The van der Waals surface area contributed by atoms with Crippen molar-refractivity contribution in [1.29, 1.82) is 0 Å². The molecule has 1 unspecified atom stereocenters. The SMILES string of the molecule is C[C@H](N)C(=O)C(c1ccc(O)c(O)c1)[C@](C)(N)C(=O)O. The third-order valence-electron chi connectivity index (χ3n) is 3.13. The highest BCUT2D eigenvalue weighted by Gasteiger charge is 2.44. The van der Waals surface area contributed by atoms with E-state index in [1.807, 2.05) is 0 Å². The summed E-state index contributed by atoms with van der Waals surface area (Å²) in [6.07, 6.45) is 0. The highest BCUT2D eigenvalue weighted by molar-refractivity contribution is 5.97. The van der Waals surface area contributed by atoms with Crippen LogP contribution in [0.15, 0.2) is 18.2 Å². The Morgan fingerprint density at radius 3 is 2.20 bits per heavy atom. The summed E-state index contributed by atoms with van der Waals surface area (Å²) in [6, 6.07) is 2.67. The quantitative estimate of drug-likeness (QED) is 0.474. The number of aromatic hydroxyl groups is 2. The lowest BCUT2D eigenvalue weighted by atomic mass is 9.76. The molecule has 0 aliphatic carbocycles. The van der Waals surface area contributed by atoms with Crippen LogP contribution >= 0.6 is 0 Å². The smallest absolute Gasteiger partial charge is 0.324 e. The Morgan fingerprint density at radius 1 is 1.25 bits per heavy atom. The Balaban J connectivity index is 3.41. The van der Waals surface area contributed by atoms with Gasteiger partial charge in [-0.3, -0.25) is 9.59 Å². The first kappa shape index (κ1) is 15.9. The molecule has 0 spiro atoms. The molecule has 7 N–H and O–H groups in total. The number of carboxylic acid groups (broad SMARTS) is 1. The van der Waals surface area contributed by atoms with Crippen molar-refractivity contribution in [3.63, 3.8) is 0 Å². The van der Waals surface area contributed by atoms with Gasteiger partial charge in [0.2, 0.25) is 0 Å². The number of Topliss-reactive ketones (excluding diaryl/α,β-unsaturated/α-hetero) is 1. The van der Waals surface area contributed by atoms with Crippen LogP contribution in [-0.2, 0) is 9.59 Å². The summed E-state index contributed by atoms with van der Waals surface area (Å²) >= 11 is 0. The van der Waals surface area contributed by atoms with Gasteiger partial charge in [0.15, 0.2) is 17.3 Å². The Morgan fingerprint density at radius 2 is 1.80 bits per heavy atom. The molecule has 1 aromatic carbocycles. The number of carbonyl (C=O) groups is 2. The van der Waals surface area contributed by atoms with Crippen molar-refractivity contribution >= 4 is 11.8 Å². The number of phenolic OH excluding ortho intramolecular Hbond substituents is 2. The first-order chi connectivity index (χ1) is 9.09. The maximum Gasteiger partial charge on any atom is 0.324 e. The van der Waals surface area contributed by atoms with Gasteiger partial charge >= 0.3 is 5.97 Å². The number of carboxylic acids is 1. The van der Waals surface area contributed by atoms with Crippen molar-refractivity contribution in [2.75, 3.05) is 0 Å². The maximum atomic E-state index is 12.2. The molecule has 1 aromatic rings. The summed E-state index contributed by atoms with van der Waals surface area (Å²) in [5.41, 5.74) is 9.55. The average molecular weight is 282 g/mol. The molecule has 0 fully saturated rings. The highest BCUT2D eigenvalue weighted by Crippen LogP contribution is 2.34. The number of rotatable bonds is 5. The Bertz CT molecular complexity index is 540. The molecule has 0 bridgehead atoms. The van der Waals surface area contributed by atoms with Crippen LogP contribution in [0.3, 0.4) is 0 Å². The Hall–Kier alpha value is -2.12. The van der Waals surface area contributed by atoms with E-state index in [-0.39, 0.29) is 11.3 Å². The number of benzene rings is 1. The predicted octanol–water partition coefficient (Wildman–Crippen LogP) is -0.100. The summed E-state index contributed by atoms with van der Waals surface area (Å²) in [5, 5.41) is 28.0. The molecule has 0 aliphatic rings. The van der Waals surface area contributed by atoms with Gasteiger partial charge < -0.3 is 26.8 Å². The minimum absolute atomic E-state index is 0.176. The van der Waals surface area contributed by atoms with Gasteiger partial charge in [0.1, 0.15) is 5.54 Å². The molecule has 0 aromatic heterocycles. The van der Waals surface area contributed by atoms with E-state index in [1.54, 1.807) is 0 Å². The van der Waals surface area contributed by atoms with Crippen LogP contribution in [0.1, 0.15) is 25.3 Å². The van der Waals surface area contributed by atoms with Crippen molar-refractivity contribution in [2.24, 2.45) is 11.5 Å². The molecular formula is C13H18N2O5. The standard InChI is InChI=1S/C13H18N2O5/c1-6(14)11(18)10(13(2,15)12(19)20)7-3-4-8(16)9(17)5-7/h3-6,10,16-17H,14-15H2,1-2H3,(H,19,20)/t6-,10?,13-/m0/s1. The number of nitrogens with two attached hydrogens (primary N) is 2. The number of hydrogen-bond acceptors (Lipinski definition) is 6. The molecule has 0 amide bonds. The zero-order valence-corrected chi connectivity index (χ0v) is 11.2. The molecule has 0 radical (unpaired) electrons. The van der Waals surface area contributed by atoms with Crippen molar-refractivity contribution in [1.82, 2.24) is 0 Å². The fraction of sp³-hybridized carbons (Fsp3) is 0.385. The maximum absolute atomic E-state index is 12.2. The van der Waals surface area contributed by atoms with Crippen LogP contribution in [0, 0.1) is 0 Å². The largest absolute Gasteiger partial charge is 0.504 e. The van der Waals surface area contributed by atoms with E-state index in [9.17, 15) is 24.9 Å². The second-order valence-corrected chi connectivity index (χ2v) is 4.96. The lowest BCUT2D eigenvalue weighted by Crippen LogP contribution is -2.55. The van der Waals surface area contributed by atoms with Crippen LogP contribution in [0.5, 0.6) is 11.5 Å². The van der Waals surface area contributed by atoms with E-state index in [2.05, 4.69) is 0 Å². The van der Waals surface area contributed by atoms with Gasteiger partial charge in [0, 0.05) is 0 Å². The monoisotopic (exact) mass is 282 g/mol. The van der Waals surface area contributed by atoms with Crippen molar-refractivity contribution in [3.8, 4) is 11.5 Å². The highest BCUT2D eigenvalue weighted by atomic mass is 16.4. The first-order valence-electron chi connectivity index (χ1n) is 5.92. The molecule has 1 rings (SSSR count). The van der Waals surface area contributed by atoms with Gasteiger partial charge in [-0.1, -0.05) is 6.07 Å². The zero-order valence-electron chi connectivity index (χ0n) is 11.2. The lowest BCUT2D eigenvalue weighted by molar-refractivity contribution is -0.146. The van der Waals surface area contributed by atoms with Gasteiger partial charge in [0.05, 0.1) is 12.0 Å². The molecule has 0 heterocycles. The van der Waals surface area contributed by atoms with E-state index < -0.39 is 35.0 Å². The number of ketones is 1. The summed E-state index contributed by atoms with van der Waals surface area (Å²) < 4.78 is 0. The molecule has 7 nitrogen and oxygen atoms in total. The minimum atomic E-state index is -1.89. The van der Waals surface area contributed by atoms with Crippen LogP contribution in [-0.4, -0.2) is 38.7 Å². The molecule has 3 atom stereocenters. The summed E-state index contributed by atoms with van der Waals surface area (Å²) in [7, 11) is 0. The van der Waals surface area contributed by atoms with Crippen molar-refractivity contribution in [2.45, 2.75) is 31.3 Å². The van der Waals surface area contributed by atoms with Gasteiger partial charge in [-0.15, -0.1) is 0 Å². The molecule has 110 valence electrons. The Kier molecular flexibility index (Phi) is 4.36. The molecule has 20 heavy (non-hydrogen) atoms. The van der Waals surface area contributed by atoms with Gasteiger partial charge in [-0.2, -0.15) is 0 Å². The van der Waals surface area contributed by atoms with E-state index >= 15 is 0 Å². The average Bonchev–Trinajstić information content (AvgIpc) is 2.33. The number of hydrogen-bond donors (Lipinski definition) is 5. The molecule has 0 aliphatic heterocycles. The molecule has 7 heteroatoms. The van der Waals surface area contributed by atoms with Crippen molar-refractivity contribution < 1.29 is 24.9 Å². The lowest BCUT2D eigenvalue weighted by Gasteiger charge is -2.30. The third-order valence-corrected chi connectivity index (χ3v) is 3.13. The fourth-order valence-corrected chi connectivity index (χ4v) is 1.91. The number of phenols is 2. The van der Waals surface area contributed by atoms with Crippen molar-refractivity contribution in [3.05, 3.63) is 23.8 Å². The van der Waals surface area contributed by atoms with E-state index in [0.717, 1.165) is 12.1 Å². The molecule has 0 saturated heterocycles. The van der Waals surface area contributed by atoms with Gasteiger partial charge in [0.25, 0.3) is 0 Å². The zero-order chi connectivity index (χ0) is 15.7. The van der Waals surface area contributed by atoms with Gasteiger partial charge in [-0.05, 0) is 31.5 Å². The third kappa shape index (κ3) is 2.89. The molecule has 0 saturated carbocycles. The van der Waals surface area contributed by atoms with E-state index in [1.165, 1.54) is 19.9 Å².